The van der Waals surface area contributed by atoms with Crippen molar-refractivity contribution in [3.8, 4) is 0 Å². The standard InChI is InChI=1S/C21H26F4N4O3/c22-16-11-14(29-13-15(32-21(29)31)3-4-18(30)20(24)25)12-17(23)19(16)26-7-9-27-5-1-2-6-28(27)10-8-26/h11-12,15,20H,1-10,13H2/t15-/m0/s1. The van der Waals surface area contributed by atoms with Crippen LogP contribution < -0.4 is 9.80 Å². The van der Waals surface area contributed by atoms with E-state index in [-0.39, 0.29) is 24.3 Å². The smallest absolute Gasteiger partial charge is 0.414 e. The summed E-state index contributed by atoms with van der Waals surface area (Å²) in [5.41, 5.74) is -0.131. The Hall–Kier alpha value is -2.40. The van der Waals surface area contributed by atoms with Gasteiger partial charge < -0.3 is 9.64 Å². The second kappa shape index (κ2) is 9.62. The maximum atomic E-state index is 15.0. The van der Waals surface area contributed by atoms with Crippen LogP contribution in [0.15, 0.2) is 12.1 Å². The van der Waals surface area contributed by atoms with Crippen LogP contribution in [0.3, 0.4) is 0 Å². The molecule has 3 aliphatic rings. The molecule has 0 unspecified atom stereocenters. The molecule has 0 radical (unpaired) electrons. The molecular weight excluding hydrogens is 432 g/mol. The van der Waals surface area contributed by atoms with Crippen molar-refractivity contribution in [2.24, 2.45) is 0 Å². The molecule has 0 aliphatic carbocycles. The lowest BCUT2D eigenvalue weighted by Gasteiger charge is -2.36. The fourth-order valence-electron chi connectivity index (χ4n) is 4.49. The highest BCUT2D eigenvalue weighted by Gasteiger charge is 2.35. The minimum atomic E-state index is -3.07. The molecule has 1 atom stereocenters. The summed E-state index contributed by atoms with van der Waals surface area (Å²) in [4.78, 5) is 26.0. The molecule has 4 rings (SSSR count). The van der Waals surface area contributed by atoms with Crippen molar-refractivity contribution >= 4 is 23.3 Å². The number of hydrazine groups is 1. The van der Waals surface area contributed by atoms with E-state index in [4.69, 9.17) is 4.74 Å². The molecule has 0 N–H and O–H groups in total. The maximum Gasteiger partial charge on any atom is 0.414 e. The SMILES string of the molecule is O=C(CC[C@H]1CN(c2cc(F)c(N3CCN4CCCCN4CC3)c(F)c2)C(=O)O1)C(F)F. The summed E-state index contributed by atoms with van der Waals surface area (Å²) < 4.78 is 59.8. The van der Waals surface area contributed by atoms with Crippen molar-refractivity contribution in [3.63, 3.8) is 0 Å². The van der Waals surface area contributed by atoms with E-state index < -0.39 is 42.5 Å². The molecular formula is C21H26F4N4O3. The van der Waals surface area contributed by atoms with E-state index >= 15 is 8.78 Å². The molecule has 0 spiro atoms. The van der Waals surface area contributed by atoms with E-state index in [1.165, 1.54) is 0 Å². The highest BCUT2D eigenvalue weighted by Crippen LogP contribution is 2.32. The Morgan fingerprint density at radius 2 is 1.59 bits per heavy atom. The van der Waals surface area contributed by atoms with E-state index in [1.807, 2.05) is 0 Å². The highest BCUT2D eigenvalue weighted by molar-refractivity contribution is 5.90. The zero-order chi connectivity index (χ0) is 22.8. The molecule has 0 saturated carbocycles. The quantitative estimate of drug-likeness (QED) is 0.611. The number of Topliss-reactive ketones (excluding diaryl/α,β-unsaturated/α-hetero) is 1. The van der Waals surface area contributed by atoms with E-state index in [0.717, 1.165) is 43.0 Å². The summed E-state index contributed by atoms with van der Waals surface area (Å²) in [6.45, 7) is 4.14. The number of carbonyl (C=O) groups is 2. The summed E-state index contributed by atoms with van der Waals surface area (Å²) in [7, 11) is 0. The average molecular weight is 458 g/mol. The number of fused-ring (bicyclic) bond motifs is 1. The van der Waals surface area contributed by atoms with Gasteiger partial charge in [0.1, 0.15) is 11.8 Å². The second-order valence-electron chi connectivity index (χ2n) is 8.28. The second-order valence-corrected chi connectivity index (χ2v) is 8.28. The number of anilines is 2. The highest BCUT2D eigenvalue weighted by atomic mass is 19.3. The molecule has 11 heteroatoms. The van der Waals surface area contributed by atoms with E-state index in [0.29, 0.717) is 26.2 Å². The molecule has 0 aromatic heterocycles. The van der Waals surface area contributed by atoms with Crippen molar-refractivity contribution in [1.29, 1.82) is 0 Å². The lowest BCUT2D eigenvalue weighted by Crippen LogP contribution is -2.47. The lowest BCUT2D eigenvalue weighted by molar-refractivity contribution is -0.129. The van der Waals surface area contributed by atoms with Crippen LogP contribution in [-0.2, 0) is 9.53 Å². The molecule has 0 bridgehead atoms. The van der Waals surface area contributed by atoms with Gasteiger partial charge >= 0.3 is 6.09 Å². The Morgan fingerprint density at radius 3 is 2.16 bits per heavy atom. The summed E-state index contributed by atoms with van der Waals surface area (Å²) in [5, 5.41) is 4.46. The van der Waals surface area contributed by atoms with Crippen LogP contribution in [0.1, 0.15) is 25.7 Å². The van der Waals surface area contributed by atoms with Gasteiger partial charge in [-0.3, -0.25) is 9.69 Å². The third-order valence-corrected chi connectivity index (χ3v) is 6.20. The van der Waals surface area contributed by atoms with Crippen LogP contribution in [0.25, 0.3) is 0 Å². The topological polar surface area (TPSA) is 56.3 Å². The number of rotatable bonds is 6. The van der Waals surface area contributed by atoms with Crippen LogP contribution in [0.2, 0.25) is 0 Å². The summed E-state index contributed by atoms with van der Waals surface area (Å²) in [5.74, 6) is -2.79. The van der Waals surface area contributed by atoms with Gasteiger partial charge in [-0.15, -0.1) is 0 Å². The van der Waals surface area contributed by atoms with Gasteiger partial charge in [0.05, 0.1) is 12.2 Å². The Balaban J connectivity index is 1.44. The van der Waals surface area contributed by atoms with Gasteiger partial charge in [0.25, 0.3) is 6.43 Å². The van der Waals surface area contributed by atoms with Crippen LogP contribution in [0.4, 0.5) is 33.7 Å². The number of amides is 1. The number of ketones is 1. The maximum absolute atomic E-state index is 15.0. The van der Waals surface area contributed by atoms with Crippen molar-refractivity contribution in [3.05, 3.63) is 23.8 Å². The van der Waals surface area contributed by atoms with Gasteiger partial charge in [0, 0.05) is 57.8 Å². The first-order valence-corrected chi connectivity index (χ1v) is 10.9. The van der Waals surface area contributed by atoms with Crippen LogP contribution in [0.5, 0.6) is 0 Å². The summed E-state index contributed by atoms with van der Waals surface area (Å²) in [6.07, 6.45) is -2.99. The molecule has 3 fully saturated rings. The number of ether oxygens (including phenoxy) is 1. The number of nitrogens with zero attached hydrogens (tertiary/aromatic N) is 4. The Kier molecular flexibility index (Phi) is 6.85. The third kappa shape index (κ3) is 4.83. The van der Waals surface area contributed by atoms with Gasteiger partial charge in [-0.2, -0.15) is 0 Å². The number of hydrogen-bond acceptors (Lipinski definition) is 6. The molecule has 3 heterocycles. The largest absolute Gasteiger partial charge is 0.444 e. The zero-order valence-electron chi connectivity index (χ0n) is 17.6. The van der Waals surface area contributed by atoms with Crippen molar-refractivity contribution in [2.75, 3.05) is 55.6 Å². The molecule has 1 amide bonds. The Morgan fingerprint density at radius 1 is 1.00 bits per heavy atom. The predicted molar refractivity (Wildman–Crippen MR) is 109 cm³/mol. The van der Waals surface area contributed by atoms with Crippen molar-refractivity contribution in [1.82, 2.24) is 10.0 Å². The minimum absolute atomic E-state index is 0.00701. The number of alkyl halides is 2. The molecule has 1 aromatic rings. The minimum Gasteiger partial charge on any atom is -0.444 e. The number of benzene rings is 1. The average Bonchev–Trinajstić information content (AvgIpc) is 3.00. The van der Waals surface area contributed by atoms with Gasteiger partial charge in [-0.1, -0.05) is 0 Å². The number of cyclic esters (lactones) is 1. The number of carbonyl (C=O) groups excluding carboxylic acids is 2. The van der Waals surface area contributed by atoms with E-state index in [2.05, 4.69) is 10.0 Å². The summed E-state index contributed by atoms with van der Waals surface area (Å²) in [6, 6.07) is 2.18. The fraction of sp³-hybridized carbons (Fsp3) is 0.619. The molecule has 32 heavy (non-hydrogen) atoms. The van der Waals surface area contributed by atoms with E-state index in [1.54, 1.807) is 4.90 Å². The van der Waals surface area contributed by atoms with Gasteiger partial charge in [0.2, 0.25) is 0 Å². The lowest BCUT2D eigenvalue weighted by atomic mass is 10.1. The first kappa shape index (κ1) is 22.8. The molecule has 7 nitrogen and oxygen atoms in total. The normalized spacial score (nSPS) is 22.8. The Labute approximate surface area is 183 Å². The molecule has 1 aromatic carbocycles. The van der Waals surface area contributed by atoms with Crippen molar-refractivity contribution < 1.29 is 31.9 Å². The summed E-state index contributed by atoms with van der Waals surface area (Å²) >= 11 is 0. The Bertz CT molecular complexity index is 832. The van der Waals surface area contributed by atoms with E-state index in [9.17, 15) is 18.4 Å². The van der Waals surface area contributed by atoms with Gasteiger partial charge in [-0.05, 0) is 19.3 Å². The molecule has 176 valence electrons. The first-order valence-electron chi connectivity index (χ1n) is 10.9. The van der Waals surface area contributed by atoms with Crippen LogP contribution in [0, 0.1) is 11.6 Å². The molecule has 3 saturated heterocycles. The van der Waals surface area contributed by atoms with Crippen molar-refractivity contribution in [2.45, 2.75) is 38.2 Å². The van der Waals surface area contributed by atoms with Gasteiger partial charge in [0.15, 0.2) is 17.4 Å². The number of halogens is 4. The predicted octanol–water partition coefficient (Wildman–Crippen LogP) is 3.04. The number of hydrogen-bond donors (Lipinski definition) is 0. The first-order chi connectivity index (χ1) is 15.3. The monoisotopic (exact) mass is 458 g/mol. The fourth-order valence-corrected chi connectivity index (χ4v) is 4.49. The molecule has 3 aliphatic heterocycles. The van der Waals surface area contributed by atoms with Crippen LogP contribution >= 0.6 is 0 Å². The van der Waals surface area contributed by atoms with Gasteiger partial charge in [-0.25, -0.2) is 32.4 Å². The third-order valence-electron chi connectivity index (χ3n) is 6.20. The van der Waals surface area contributed by atoms with Crippen LogP contribution in [-0.4, -0.2) is 80.2 Å². The zero-order valence-corrected chi connectivity index (χ0v) is 17.6.